The van der Waals surface area contributed by atoms with E-state index >= 15 is 0 Å². The summed E-state index contributed by atoms with van der Waals surface area (Å²) in [5.74, 6) is 0.900. The molecule has 3 heteroatoms. The van der Waals surface area contributed by atoms with Gasteiger partial charge in [0.25, 0.3) is 0 Å². The van der Waals surface area contributed by atoms with E-state index in [9.17, 15) is 5.11 Å². The van der Waals surface area contributed by atoms with E-state index in [2.05, 4.69) is 39.0 Å². The number of fused-ring (bicyclic) bond motifs is 1. The zero-order valence-electron chi connectivity index (χ0n) is 11.5. The Morgan fingerprint density at radius 2 is 2.05 bits per heavy atom. The fourth-order valence-corrected chi connectivity index (χ4v) is 4.39. The molecule has 2 fully saturated rings. The second-order valence-electron chi connectivity index (χ2n) is 5.98. The van der Waals surface area contributed by atoms with E-state index in [0.717, 1.165) is 22.0 Å². The number of benzene rings is 1. The van der Waals surface area contributed by atoms with Crippen LogP contribution in [0.3, 0.4) is 0 Å². The van der Waals surface area contributed by atoms with E-state index in [1.807, 2.05) is 6.92 Å². The molecule has 0 bridgehead atoms. The summed E-state index contributed by atoms with van der Waals surface area (Å²) < 4.78 is 1.12. The number of hydrogen-bond acceptors (Lipinski definition) is 2. The molecule has 3 atom stereocenters. The Kier molecular flexibility index (Phi) is 3.86. The Hall–Kier alpha value is -0.540. The van der Waals surface area contributed by atoms with Crippen molar-refractivity contribution in [3.8, 4) is 0 Å². The maximum atomic E-state index is 9.67. The number of hydrogen-bond donors (Lipinski definition) is 1. The third-order valence-electron chi connectivity index (χ3n) is 4.76. The van der Waals surface area contributed by atoms with Crippen LogP contribution < -0.4 is 4.90 Å². The van der Waals surface area contributed by atoms with Crippen molar-refractivity contribution >= 4 is 21.6 Å². The van der Waals surface area contributed by atoms with Gasteiger partial charge in [-0.15, -0.1) is 0 Å². The quantitative estimate of drug-likeness (QED) is 0.878. The van der Waals surface area contributed by atoms with Crippen LogP contribution >= 0.6 is 15.9 Å². The van der Waals surface area contributed by atoms with Gasteiger partial charge in [-0.1, -0.05) is 12.5 Å². The number of aliphatic hydroxyl groups is 1. The maximum Gasteiger partial charge on any atom is 0.0762 e. The minimum Gasteiger partial charge on any atom is -0.389 e. The summed E-state index contributed by atoms with van der Waals surface area (Å²) in [6, 6.07) is 7.04. The van der Waals surface area contributed by atoms with Crippen LogP contribution in [0.15, 0.2) is 22.7 Å². The summed E-state index contributed by atoms with van der Waals surface area (Å²) in [4.78, 5) is 2.59. The Balaban J connectivity index is 1.88. The van der Waals surface area contributed by atoms with Crippen molar-refractivity contribution in [2.45, 2.75) is 51.2 Å². The first-order valence-electron chi connectivity index (χ1n) is 7.41. The summed E-state index contributed by atoms with van der Waals surface area (Å²) in [5, 5.41) is 9.67. The van der Waals surface area contributed by atoms with Crippen molar-refractivity contribution in [2.75, 3.05) is 11.4 Å². The summed E-state index contributed by atoms with van der Waals surface area (Å²) in [7, 11) is 0. The molecule has 2 aliphatic rings. The molecule has 1 saturated heterocycles. The summed E-state index contributed by atoms with van der Waals surface area (Å²) in [6.45, 7) is 2.99. The first kappa shape index (κ1) is 13.4. The van der Waals surface area contributed by atoms with Gasteiger partial charge in [-0.3, -0.25) is 0 Å². The van der Waals surface area contributed by atoms with Gasteiger partial charge in [0.05, 0.1) is 11.8 Å². The van der Waals surface area contributed by atoms with Crippen LogP contribution in [-0.4, -0.2) is 17.7 Å². The number of halogens is 1. The highest BCUT2D eigenvalue weighted by Crippen LogP contribution is 2.41. The van der Waals surface area contributed by atoms with Crippen LogP contribution in [0, 0.1) is 5.92 Å². The van der Waals surface area contributed by atoms with Gasteiger partial charge in [0.15, 0.2) is 0 Å². The highest BCUT2D eigenvalue weighted by molar-refractivity contribution is 9.10. The first-order chi connectivity index (χ1) is 9.16. The van der Waals surface area contributed by atoms with Crippen LogP contribution in [0.25, 0.3) is 0 Å². The van der Waals surface area contributed by atoms with Crippen LogP contribution in [-0.2, 0) is 0 Å². The first-order valence-corrected chi connectivity index (χ1v) is 8.20. The molecular formula is C16H22BrNO. The molecule has 1 aliphatic heterocycles. The van der Waals surface area contributed by atoms with Crippen molar-refractivity contribution in [2.24, 2.45) is 5.92 Å². The maximum absolute atomic E-state index is 9.67. The van der Waals surface area contributed by atoms with Crippen molar-refractivity contribution in [3.63, 3.8) is 0 Å². The standard InChI is InChI=1S/C16H22BrNO/c1-11(19)13-7-8-16(14(17)10-13)18-9-3-5-12-4-2-6-15(12)18/h7-8,10-12,15,19H,2-6,9H2,1H3/t11-,12?,15?/m1/s1. The number of rotatable bonds is 2. The zero-order valence-corrected chi connectivity index (χ0v) is 13.1. The van der Waals surface area contributed by atoms with Gasteiger partial charge >= 0.3 is 0 Å². The second kappa shape index (κ2) is 5.45. The lowest BCUT2D eigenvalue weighted by Gasteiger charge is -2.40. The van der Waals surface area contributed by atoms with Gasteiger partial charge in [0.1, 0.15) is 0 Å². The molecule has 104 valence electrons. The minimum absolute atomic E-state index is 0.397. The van der Waals surface area contributed by atoms with Crippen molar-refractivity contribution in [3.05, 3.63) is 28.2 Å². The lowest BCUT2D eigenvalue weighted by molar-refractivity contribution is 0.199. The molecule has 2 unspecified atom stereocenters. The molecule has 1 aromatic carbocycles. The van der Waals surface area contributed by atoms with Crippen LogP contribution in [0.4, 0.5) is 5.69 Å². The second-order valence-corrected chi connectivity index (χ2v) is 6.84. The third kappa shape index (κ3) is 2.55. The average molecular weight is 324 g/mol. The number of aliphatic hydroxyl groups excluding tert-OH is 1. The third-order valence-corrected chi connectivity index (χ3v) is 5.39. The van der Waals surface area contributed by atoms with Gasteiger partial charge in [-0.05, 0) is 72.2 Å². The number of nitrogens with zero attached hydrogens (tertiary/aromatic N) is 1. The zero-order chi connectivity index (χ0) is 13.4. The Morgan fingerprint density at radius 1 is 1.26 bits per heavy atom. The summed E-state index contributed by atoms with van der Waals surface area (Å²) >= 11 is 3.70. The molecule has 2 nitrogen and oxygen atoms in total. The molecule has 0 amide bonds. The molecule has 1 aromatic rings. The number of anilines is 1. The number of piperidine rings is 1. The molecule has 19 heavy (non-hydrogen) atoms. The predicted octanol–water partition coefficient (Wildman–Crippen LogP) is 4.27. The topological polar surface area (TPSA) is 23.5 Å². The van der Waals surface area contributed by atoms with Crippen molar-refractivity contribution in [1.82, 2.24) is 0 Å². The van der Waals surface area contributed by atoms with E-state index < -0.39 is 6.10 Å². The monoisotopic (exact) mass is 323 g/mol. The van der Waals surface area contributed by atoms with Gasteiger partial charge in [0, 0.05) is 17.1 Å². The molecule has 1 heterocycles. The summed E-state index contributed by atoms with van der Waals surface area (Å²) in [5.41, 5.74) is 2.29. The molecule has 0 aromatic heterocycles. The molecule has 0 spiro atoms. The van der Waals surface area contributed by atoms with Gasteiger partial charge in [-0.25, -0.2) is 0 Å². The average Bonchev–Trinajstić information content (AvgIpc) is 2.86. The van der Waals surface area contributed by atoms with E-state index in [0.29, 0.717) is 0 Å². The van der Waals surface area contributed by atoms with Crippen LogP contribution in [0.1, 0.15) is 50.7 Å². The summed E-state index contributed by atoms with van der Waals surface area (Å²) in [6.07, 6.45) is 6.46. The van der Waals surface area contributed by atoms with Crippen molar-refractivity contribution in [1.29, 1.82) is 0 Å². The van der Waals surface area contributed by atoms with Gasteiger partial charge in [-0.2, -0.15) is 0 Å². The highest BCUT2D eigenvalue weighted by Gasteiger charge is 2.35. The largest absolute Gasteiger partial charge is 0.389 e. The van der Waals surface area contributed by atoms with E-state index in [1.54, 1.807) is 0 Å². The van der Waals surface area contributed by atoms with E-state index in [1.165, 1.54) is 44.3 Å². The SMILES string of the molecule is C[C@@H](O)c1ccc(N2CCCC3CCCC32)c(Br)c1. The highest BCUT2D eigenvalue weighted by atomic mass is 79.9. The van der Waals surface area contributed by atoms with Gasteiger partial charge in [0.2, 0.25) is 0 Å². The predicted molar refractivity (Wildman–Crippen MR) is 82.5 cm³/mol. The molecule has 1 saturated carbocycles. The normalized spacial score (nSPS) is 28.3. The lowest BCUT2D eigenvalue weighted by atomic mass is 9.91. The minimum atomic E-state index is -0.397. The Morgan fingerprint density at radius 3 is 2.79 bits per heavy atom. The molecule has 1 N–H and O–H groups in total. The molecule has 3 rings (SSSR count). The van der Waals surface area contributed by atoms with Crippen LogP contribution in [0.2, 0.25) is 0 Å². The van der Waals surface area contributed by atoms with Crippen molar-refractivity contribution < 1.29 is 5.11 Å². The lowest BCUT2D eigenvalue weighted by Crippen LogP contribution is -2.42. The smallest absolute Gasteiger partial charge is 0.0762 e. The van der Waals surface area contributed by atoms with Gasteiger partial charge < -0.3 is 10.0 Å². The van der Waals surface area contributed by atoms with E-state index in [-0.39, 0.29) is 0 Å². The Labute approximate surface area is 123 Å². The molecular weight excluding hydrogens is 302 g/mol. The van der Waals surface area contributed by atoms with E-state index in [4.69, 9.17) is 0 Å². The fraction of sp³-hybridized carbons (Fsp3) is 0.625. The van der Waals surface area contributed by atoms with Crippen LogP contribution in [0.5, 0.6) is 0 Å². The fourth-order valence-electron chi connectivity index (χ4n) is 3.77. The Bertz CT molecular complexity index is 460. The molecule has 1 aliphatic carbocycles. The molecule has 0 radical (unpaired) electrons.